The summed E-state index contributed by atoms with van der Waals surface area (Å²) in [6.45, 7) is 14.0. The molecular weight excluding hydrogens is 1460 g/mol. The van der Waals surface area contributed by atoms with E-state index < -0.39 is 36.8 Å². The number of pyridine rings is 6. The average molecular weight is 1540 g/mol. The summed E-state index contributed by atoms with van der Waals surface area (Å²) in [5.41, 5.74) is 5.08. The molecule has 0 atom stereocenters. The summed E-state index contributed by atoms with van der Waals surface area (Å²) in [7, 11) is 0. The Morgan fingerprint density at radius 2 is 0.802 bits per heavy atom. The standard InChI is InChI=1S/C16H11N5.C12H8IN3.C12H8N3.C4H3BrN2.6C4H9.CH3.2Sn/c1-2-16(19-9-13(1)14-4-7-18-11-20-14)21-8-5-12-3-6-17-10-15(12)21;13-10-1-2-12(15-7-10)16-6-4-9-3-5-14-8-11(9)16;1-2-6-14-12(3-1)15-8-5-10-4-7-13-9-11(10)15;5-4-1-2-6-3-7-4;6*1-3-4-2;;;/h1-11H;1-8H;1,3-9H;1-3H;6*1,3-4H2,2H3;1H3;;. The first-order valence-electron chi connectivity index (χ1n) is 31.0. The molecule has 0 amide bonds. The molecule has 0 unspecified atom stereocenters. The number of rotatable bonds is 23. The fraction of sp³-hybridized carbons (Fsp3) is 0.362. The largest absolute Gasteiger partial charge is 0.300 e. The SMILES string of the molecule is Brc1ccncn1.CCC[CH2][Sn]([CH2]CCC)([CH2]CCC)[c]1ccc(-n2ccc3ccncc32)nc1.CCC[CH2][Sn]([CH3])([CH2]CCC)[CH2]CCC.Ic1ccc(-n2ccc3ccncc32)nc1.c1cc(-c2ccc(-n3ccc4ccncc43)nc2)ncn1. The molecule has 0 bridgehead atoms. The molecule has 0 spiro atoms. The number of unbranched alkanes of at least 4 members (excludes halogenated alkanes) is 6. The molecule has 11 aromatic rings. The summed E-state index contributed by atoms with van der Waals surface area (Å²) in [5.74, 6) is 2.78. The van der Waals surface area contributed by atoms with Crippen LogP contribution in [0.3, 0.4) is 0 Å². The molecule has 13 nitrogen and oxygen atoms in total. The molecule has 11 heterocycles. The van der Waals surface area contributed by atoms with Gasteiger partial charge in [-0.15, -0.1) is 0 Å². The van der Waals surface area contributed by atoms with Gasteiger partial charge in [-0.1, -0.05) is 0 Å². The molecule has 0 saturated carbocycles. The van der Waals surface area contributed by atoms with Crippen LogP contribution in [0, 0.1) is 3.57 Å². The maximum Gasteiger partial charge on any atom is 0.137 e. The van der Waals surface area contributed by atoms with Gasteiger partial charge in [-0.05, 0) is 99.2 Å². The number of nitrogens with zero attached hydrogens (tertiary/aromatic N) is 13. The second kappa shape index (κ2) is 36.7. The third-order valence-corrected chi connectivity index (χ3v) is 45.9. The molecule has 0 aliphatic rings. The van der Waals surface area contributed by atoms with Crippen molar-refractivity contribution < 1.29 is 0 Å². The van der Waals surface area contributed by atoms with Gasteiger partial charge in [-0.3, -0.25) is 19.1 Å². The van der Waals surface area contributed by atoms with E-state index in [-0.39, 0.29) is 0 Å². The van der Waals surface area contributed by atoms with Crippen LogP contribution in [0.25, 0.3) is 61.4 Å². The Labute approximate surface area is 541 Å². The van der Waals surface area contributed by atoms with Crippen LogP contribution in [0.1, 0.15) is 119 Å². The number of aromatic nitrogens is 13. The van der Waals surface area contributed by atoms with Gasteiger partial charge in [0.1, 0.15) is 28.9 Å². The molecule has 17 heteroatoms. The summed E-state index contributed by atoms with van der Waals surface area (Å²) in [5, 5.41) is 3.53. The Morgan fingerprint density at radius 3 is 1.15 bits per heavy atom. The van der Waals surface area contributed by atoms with Gasteiger partial charge >= 0.3 is 271 Å². The Kier molecular flexibility index (Phi) is 29.0. The van der Waals surface area contributed by atoms with Crippen LogP contribution < -0.4 is 3.58 Å². The minimum atomic E-state index is -2.38. The van der Waals surface area contributed by atoms with Crippen molar-refractivity contribution in [3.63, 3.8) is 0 Å². The molecule has 0 aliphatic heterocycles. The minimum absolute atomic E-state index is 0.822. The number of hydrogen-bond donors (Lipinski definition) is 0. The van der Waals surface area contributed by atoms with Crippen molar-refractivity contribution in [3.05, 3.63) is 193 Å². The van der Waals surface area contributed by atoms with E-state index in [1.54, 1.807) is 47.7 Å². The van der Waals surface area contributed by atoms with Gasteiger partial charge in [0.2, 0.25) is 0 Å². The normalized spacial score (nSPS) is 11.2. The van der Waals surface area contributed by atoms with E-state index >= 15 is 0 Å². The summed E-state index contributed by atoms with van der Waals surface area (Å²) in [6.07, 6.45) is 46.4. The zero-order chi connectivity index (χ0) is 60.8. The van der Waals surface area contributed by atoms with Crippen LogP contribution in [0.15, 0.2) is 189 Å². The molecule has 0 saturated heterocycles. The van der Waals surface area contributed by atoms with E-state index in [2.05, 4.69) is 183 Å². The molecule has 11 rings (SSSR count). The first kappa shape index (κ1) is 68.0. The van der Waals surface area contributed by atoms with E-state index in [1.807, 2.05) is 101 Å². The predicted octanol–water partition coefficient (Wildman–Crippen LogP) is 19.1. The average Bonchev–Trinajstić information content (AvgIpc) is 2.74. The number of halogens is 2. The van der Waals surface area contributed by atoms with Gasteiger partial charge in [0.15, 0.2) is 0 Å². The molecule has 0 aromatic carbocycles. The first-order chi connectivity index (χ1) is 42.1. The summed E-state index contributed by atoms with van der Waals surface area (Å²) in [6, 6.07) is 28.7. The zero-order valence-electron chi connectivity index (χ0n) is 51.6. The third-order valence-electron chi connectivity index (χ3n) is 15.9. The first-order valence-corrected chi connectivity index (χ1v) is 49.3. The fourth-order valence-corrected chi connectivity index (χ4v) is 39.5. The van der Waals surface area contributed by atoms with Crippen LogP contribution in [0.2, 0.25) is 31.6 Å². The van der Waals surface area contributed by atoms with Crippen LogP contribution in [0.4, 0.5) is 0 Å². The van der Waals surface area contributed by atoms with Crippen molar-refractivity contribution in [2.45, 2.75) is 150 Å². The van der Waals surface area contributed by atoms with Crippen molar-refractivity contribution >= 4 is 112 Å². The van der Waals surface area contributed by atoms with E-state index in [0.717, 1.165) is 58.8 Å². The summed E-state index contributed by atoms with van der Waals surface area (Å²) < 4.78 is 19.3. The molecule has 450 valence electrons. The van der Waals surface area contributed by atoms with Gasteiger partial charge in [0.05, 0.1) is 29.1 Å². The van der Waals surface area contributed by atoms with Crippen molar-refractivity contribution in [3.8, 4) is 28.7 Å². The van der Waals surface area contributed by atoms with Gasteiger partial charge in [-0.2, -0.15) is 0 Å². The molecular formula is C69H87BrIN13Sn2. The fourth-order valence-electron chi connectivity index (χ4n) is 10.8. The quantitative estimate of drug-likeness (QED) is 0.0345. The van der Waals surface area contributed by atoms with Crippen molar-refractivity contribution in [2.75, 3.05) is 0 Å². The van der Waals surface area contributed by atoms with Crippen LogP contribution in [-0.2, 0) is 0 Å². The second-order valence-corrected chi connectivity index (χ2v) is 52.3. The topological polar surface area (TPSA) is 144 Å². The van der Waals surface area contributed by atoms with Crippen molar-refractivity contribution in [2.24, 2.45) is 0 Å². The Morgan fingerprint density at radius 1 is 0.395 bits per heavy atom. The van der Waals surface area contributed by atoms with Crippen LogP contribution in [-0.4, -0.2) is 100 Å². The maximum absolute atomic E-state index is 4.95. The zero-order valence-corrected chi connectivity index (χ0v) is 61.1. The molecule has 0 radical (unpaired) electrons. The molecule has 11 aromatic heterocycles. The van der Waals surface area contributed by atoms with Crippen LogP contribution >= 0.6 is 38.5 Å². The third kappa shape index (κ3) is 20.3. The molecule has 86 heavy (non-hydrogen) atoms. The minimum Gasteiger partial charge on any atom is -0.300 e. The van der Waals surface area contributed by atoms with E-state index in [1.165, 1.54) is 114 Å². The molecule has 0 N–H and O–H groups in total. The second-order valence-electron chi connectivity index (χ2n) is 22.3. The van der Waals surface area contributed by atoms with Crippen molar-refractivity contribution in [1.29, 1.82) is 0 Å². The maximum atomic E-state index is 4.95. The van der Waals surface area contributed by atoms with Gasteiger partial charge in [0.25, 0.3) is 0 Å². The Balaban J connectivity index is 0.000000162. The smallest absolute Gasteiger partial charge is 0.137 e. The van der Waals surface area contributed by atoms with Crippen molar-refractivity contribution in [1.82, 2.24) is 63.5 Å². The summed E-state index contributed by atoms with van der Waals surface area (Å²) >= 11 is 1.46. The van der Waals surface area contributed by atoms with Gasteiger partial charge < -0.3 is 0 Å². The van der Waals surface area contributed by atoms with E-state index in [9.17, 15) is 0 Å². The Bertz CT molecular complexity index is 3590. The monoisotopic (exact) mass is 1540 g/mol. The summed E-state index contributed by atoms with van der Waals surface area (Å²) in [4.78, 5) is 44.8. The molecule has 0 aliphatic carbocycles. The predicted molar refractivity (Wildman–Crippen MR) is 375 cm³/mol. The van der Waals surface area contributed by atoms with Gasteiger partial charge in [0, 0.05) is 69.5 Å². The van der Waals surface area contributed by atoms with E-state index in [4.69, 9.17) is 4.98 Å². The molecule has 0 fully saturated rings. The number of fused-ring (bicyclic) bond motifs is 3. The van der Waals surface area contributed by atoms with E-state index in [0.29, 0.717) is 0 Å². The van der Waals surface area contributed by atoms with Gasteiger partial charge in [-0.25, -0.2) is 29.9 Å². The Hall–Kier alpha value is -5.51. The number of hydrogen-bond acceptors (Lipinski definition) is 10. The van der Waals surface area contributed by atoms with Crippen LogP contribution in [0.5, 0.6) is 0 Å².